The number of rotatable bonds is 3. The van der Waals surface area contributed by atoms with Crippen LogP contribution in [0, 0.1) is 24.1 Å². The molecule has 1 atom stereocenters. The molecule has 0 aliphatic carbocycles. The third kappa shape index (κ3) is 2.86. The molecule has 2 N–H and O–H groups in total. The van der Waals surface area contributed by atoms with Gasteiger partial charge in [0.15, 0.2) is 0 Å². The van der Waals surface area contributed by atoms with E-state index in [1.165, 1.54) is 18.2 Å². The molecular weight excluding hydrogens is 275 g/mol. The Labute approximate surface area is 119 Å². The lowest BCUT2D eigenvalue weighted by molar-refractivity contribution is 0.615. The molecule has 2 rings (SSSR count). The van der Waals surface area contributed by atoms with Crippen molar-refractivity contribution >= 4 is 16.5 Å². The molecule has 1 unspecified atom stereocenters. The van der Waals surface area contributed by atoms with Crippen LogP contribution in [0.4, 0.5) is 10.1 Å². The summed E-state index contributed by atoms with van der Waals surface area (Å²) in [5.41, 5.74) is 7.69. The van der Waals surface area contributed by atoms with Gasteiger partial charge in [0.05, 0.1) is 28.2 Å². The Kier molecular flexibility index (Phi) is 4.16. The van der Waals surface area contributed by atoms with Gasteiger partial charge in [-0.3, -0.25) is 4.21 Å². The Morgan fingerprint density at radius 1 is 1.35 bits per heavy atom. The number of benzene rings is 2. The van der Waals surface area contributed by atoms with E-state index in [2.05, 4.69) is 0 Å². The maximum absolute atomic E-state index is 13.7. The van der Waals surface area contributed by atoms with E-state index in [9.17, 15) is 8.60 Å². The van der Waals surface area contributed by atoms with Gasteiger partial charge in [-0.1, -0.05) is 6.07 Å². The summed E-state index contributed by atoms with van der Waals surface area (Å²) in [7, 11) is -1.41. The van der Waals surface area contributed by atoms with Crippen molar-refractivity contribution in [2.24, 2.45) is 0 Å². The van der Waals surface area contributed by atoms with Gasteiger partial charge in [-0.25, -0.2) is 4.39 Å². The lowest BCUT2D eigenvalue weighted by Gasteiger charge is -2.09. The van der Waals surface area contributed by atoms with Crippen LogP contribution in [-0.4, -0.2) is 4.21 Å². The second-order valence-corrected chi connectivity index (χ2v) is 5.80. The standard InChI is InChI=1S/C15H13FN2OS/c1-10-14(18)3-2-4-15(10)20(19)9-12-7-11(8-17)5-6-13(12)16/h2-7H,9,18H2,1H3. The quantitative estimate of drug-likeness (QED) is 0.883. The zero-order valence-corrected chi connectivity index (χ0v) is 11.7. The van der Waals surface area contributed by atoms with Crippen molar-refractivity contribution in [1.29, 1.82) is 5.26 Å². The first-order valence-corrected chi connectivity index (χ1v) is 7.27. The molecule has 0 aromatic heterocycles. The van der Waals surface area contributed by atoms with Crippen LogP contribution in [0.5, 0.6) is 0 Å². The van der Waals surface area contributed by atoms with Crippen LogP contribution in [0.25, 0.3) is 0 Å². The van der Waals surface area contributed by atoms with Crippen molar-refractivity contribution in [1.82, 2.24) is 0 Å². The van der Waals surface area contributed by atoms with Crippen molar-refractivity contribution in [2.75, 3.05) is 5.73 Å². The zero-order chi connectivity index (χ0) is 14.7. The van der Waals surface area contributed by atoms with Crippen LogP contribution in [0.15, 0.2) is 41.3 Å². The minimum Gasteiger partial charge on any atom is -0.398 e. The van der Waals surface area contributed by atoms with Gasteiger partial charge in [0.1, 0.15) is 5.82 Å². The highest BCUT2D eigenvalue weighted by Gasteiger charge is 2.13. The van der Waals surface area contributed by atoms with Crippen molar-refractivity contribution in [3.8, 4) is 6.07 Å². The monoisotopic (exact) mass is 288 g/mol. The average Bonchev–Trinajstić information content (AvgIpc) is 2.44. The molecule has 0 amide bonds. The van der Waals surface area contributed by atoms with Gasteiger partial charge < -0.3 is 5.73 Å². The number of anilines is 1. The lowest BCUT2D eigenvalue weighted by Crippen LogP contribution is -2.03. The Hall–Kier alpha value is -2.19. The van der Waals surface area contributed by atoms with Crippen LogP contribution in [0.2, 0.25) is 0 Å². The molecule has 5 heteroatoms. The first-order valence-electron chi connectivity index (χ1n) is 5.95. The highest BCUT2D eigenvalue weighted by Crippen LogP contribution is 2.22. The van der Waals surface area contributed by atoms with E-state index in [1.807, 2.05) is 6.07 Å². The van der Waals surface area contributed by atoms with E-state index in [0.717, 1.165) is 5.56 Å². The second kappa shape index (κ2) is 5.85. The van der Waals surface area contributed by atoms with Gasteiger partial charge in [0.25, 0.3) is 0 Å². The first-order chi connectivity index (χ1) is 9.52. The van der Waals surface area contributed by atoms with Gasteiger partial charge in [-0.15, -0.1) is 0 Å². The van der Waals surface area contributed by atoms with Gasteiger partial charge >= 0.3 is 0 Å². The van der Waals surface area contributed by atoms with E-state index < -0.39 is 16.6 Å². The average molecular weight is 288 g/mol. The van der Waals surface area contributed by atoms with Gasteiger partial charge in [-0.05, 0) is 42.8 Å². The van der Waals surface area contributed by atoms with E-state index in [4.69, 9.17) is 11.0 Å². The number of nitriles is 1. The van der Waals surface area contributed by atoms with E-state index in [1.54, 1.807) is 25.1 Å². The smallest absolute Gasteiger partial charge is 0.127 e. The molecule has 0 radical (unpaired) electrons. The molecule has 0 saturated carbocycles. The van der Waals surface area contributed by atoms with Crippen LogP contribution < -0.4 is 5.73 Å². The molecule has 3 nitrogen and oxygen atoms in total. The van der Waals surface area contributed by atoms with Crippen molar-refractivity contribution in [2.45, 2.75) is 17.6 Å². The minimum absolute atomic E-state index is 0.0195. The Morgan fingerprint density at radius 2 is 2.10 bits per heavy atom. The number of hydrogen-bond donors (Lipinski definition) is 1. The molecule has 0 saturated heterocycles. The molecule has 102 valence electrons. The minimum atomic E-state index is -1.41. The van der Waals surface area contributed by atoms with E-state index >= 15 is 0 Å². The topological polar surface area (TPSA) is 66.9 Å². The molecule has 0 spiro atoms. The number of nitrogens with two attached hydrogens (primary N) is 1. The highest BCUT2D eigenvalue weighted by atomic mass is 32.2. The molecule has 20 heavy (non-hydrogen) atoms. The van der Waals surface area contributed by atoms with Crippen LogP contribution in [0.1, 0.15) is 16.7 Å². The van der Waals surface area contributed by atoms with E-state index in [0.29, 0.717) is 16.1 Å². The molecule has 0 heterocycles. The summed E-state index contributed by atoms with van der Waals surface area (Å²) in [6, 6.07) is 11.1. The van der Waals surface area contributed by atoms with Gasteiger partial charge in [0.2, 0.25) is 0 Å². The number of hydrogen-bond acceptors (Lipinski definition) is 3. The molecule has 0 aliphatic rings. The molecule has 0 bridgehead atoms. The molecule has 2 aromatic carbocycles. The Balaban J connectivity index is 2.33. The fourth-order valence-corrected chi connectivity index (χ4v) is 3.20. The normalized spacial score (nSPS) is 11.8. The lowest BCUT2D eigenvalue weighted by atomic mass is 10.1. The summed E-state index contributed by atoms with van der Waals surface area (Å²) in [4.78, 5) is 0.590. The number of nitrogen functional groups attached to an aromatic ring is 1. The fraction of sp³-hybridized carbons (Fsp3) is 0.133. The molecule has 0 fully saturated rings. The third-order valence-corrected chi connectivity index (χ3v) is 4.54. The van der Waals surface area contributed by atoms with Crippen LogP contribution in [0.3, 0.4) is 0 Å². The van der Waals surface area contributed by atoms with Crippen LogP contribution >= 0.6 is 0 Å². The maximum atomic E-state index is 13.7. The Morgan fingerprint density at radius 3 is 2.80 bits per heavy atom. The fourth-order valence-electron chi connectivity index (χ4n) is 1.85. The van der Waals surface area contributed by atoms with E-state index in [-0.39, 0.29) is 11.3 Å². The SMILES string of the molecule is Cc1c(N)cccc1S(=O)Cc1cc(C#N)ccc1F. The summed E-state index contributed by atoms with van der Waals surface area (Å²) in [6.45, 7) is 1.78. The second-order valence-electron chi connectivity index (χ2n) is 4.38. The maximum Gasteiger partial charge on any atom is 0.127 e. The number of halogens is 1. The zero-order valence-electron chi connectivity index (χ0n) is 10.9. The first kappa shape index (κ1) is 14.2. The summed E-state index contributed by atoms with van der Waals surface area (Å²) in [5.74, 6) is -0.440. The van der Waals surface area contributed by atoms with Crippen molar-refractivity contribution < 1.29 is 8.60 Å². The summed E-state index contributed by atoms with van der Waals surface area (Å²) in [5, 5.41) is 8.82. The molecule has 0 aliphatic heterocycles. The predicted octanol–water partition coefficient (Wildman–Crippen LogP) is 2.90. The summed E-state index contributed by atoms with van der Waals surface area (Å²) >= 11 is 0. The predicted molar refractivity (Wildman–Crippen MR) is 76.8 cm³/mol. The summed E-state index contributed by atoms with van der Waals surface area (Å²) in [6.07, 6.45) is 0. The Bertz CT molecular complexity index is 722. The van der Waals surface area contributed by atoms with Gasteiger partial charge in [0, 0.05) is 16.1 Å². The highest BCUT2D eigenvalue weighted by molar-refractivity contribution is 7.84. The largest absolute Gasteiger partial charge is 0.398 e. The molecule has 2 aromatic rings. The molecular formula is C15H13FN2OS. The summed E-state index contributed by atoms with van der Waals surface area (Å²) < 4.78 is 26.0. The van der Waals surface area contributed by atoms with Gasteiger partial charge in [-0.2, -0.15) is 5.26 Å². The van der Waals surface area contributed by atoms with Crippen LogP contribution in [-0.2, 0) is 16.6 Å². The van der Waals surface area contributed by atoms with Crippen molar-refractivity contribution in [3.63, 3.8) is 0 Å². The number of nitrogens with zero attached hydrogens (tertiary/aromatic N) is 1. The third-order valence-electron chi connectivity index (χ3n) is 3.03. The van der Waals surface area contributed by atoms with Crippen molar-refractivity contribution in [3.05, 3.63) is 58.9 Å².